The van der Waals surface area contributed by atoms with E-state index >= 15 is 0 Å². The number of benzene rings is 1. The van der Waals surface area contributed by atoms with Crippen LogP contribution in [-0.2, 0) is 23.5 Å². The summed E-state index contributed by atoms with van der Waals surface area (Å²) in [6, 6.07) is 12.4. The highest BCUT2D eigenvalue weighted by Crippen LogP contribution is 2.36. The molecule has 1 unspecified atom stereocenters. The van der Waals surface area contributed by atoms with Gasteiger partial charge in [0.2, 0.25) is 0 Å². The first-order valence-corrected chi connectivity index (χ1v) is 11.3. The van der Waals surface area contributed by atoms with Crippen molar-refractivity contribution in [2.45, 2.75) is 44.2 Å². The van der Waals surface area contributed by atoms with Gasteiger partial charge in [-0.25, -0.2) is 13.4 Å². The zero-order valence-corrected chi connectivity index (χ0v) is 17.9. The van der Waals surface area contributed by atoms with Gasteiger partial charge in [0.05, 0.1) is 18.1 Å². The lowest BCUT2D eigenvalue weighted by Gasteiger charge is -2.23. The number of hydrogen-bond donors (Lipinski definition) is 0. The Morgan fingerprint density at radius 2 is 1.97 bits per heavy atom. The molecule has 0 bridgehead atoms. The van der Waals surface area contributed by atoms with E-state index in [1.165, 1.54) is 17.5 Å². The maximum absolute atomic E-state index is 13.2. The summed E-state index contributed by atoms with van der Waals surface area (Å²) in [5.74, 6) is 0. The second-order valence-electron chi connectivity index (χ2n) is 7.86. The van der Waals surface area contributed by atoms with Crippen LogP contribution in [0.2, 0.25) is 0 Å². The SMILES string of the molecule is Cc1cccc(Cc2cc(C)nc(C3CCCN3S(=O)(=O)c3cn(C)cn3)c2)c1. The van der Waals surface area contributed by atoms with Crippen LogP contribution in [0.5, 0.6) is 0 Å². The summed E-state index contributed by atoms with van der Waals surface area (Å²) < 4.78 is 29.5. The third-order valence-electron chi connectivity index (χ3n) is 5.32. The lowest BCUT2D eigenvalue weighted by molar-refractivity contribution is 0.388. The number of aromatic nitrogens is 3. The topological polar surface area (TPSA) is 68.1 Å². The molecule has 3 aromatic rings. The van der Waals surface area contributed by atoms with Gasteiger partial charge >= 0.3 is 0 Å². The fraction of sp³-hybridized carbons (Fsp3) is 0.364. The van der Waals surface area contributed by atoms with Crippen LogP contribution in [0.25, 0.3) is 0 Å². The third kappa shape index (κ3) is 4.11. The summed E-state index contributed by atoms with van der Waals surface area (Å²) in [7, 11) is -1.87. The predicted molar refractivity (Wildman–Crippen MR) is 112 cm³/mol. The average molecular weight is 411 g/mol. The Hall–Kier alpha value is -2.51. The number of nitrogens with zero attached hydrogens (tertiary/aromatic N) is 4. The maximum atomic E-state index is 13.2. The molecule has 6 nitrogen and oxygen atoms in total. The summed E-state index contributed by atoms with van der Waals surface area (Å²) in [6.07, 6.45) is 5.46. The molecule has 0 amide bonds. The zero-order chi connectivity index (χ0) is 20.6. The van der Waals surface area contributed by atoms with E-state index in [2.05, 4.69) is 48.3 Å². The van der Waals surface area contributed by atoms with Crippen LogP contribution in [0.4, 0.5) is 0 Å². The highest BCUT2D eigenvalue weighted by molar-refractivity contribution is 7.89. The van der Waals surface area contributed by atoms with Crippen molar-refractivity contribution in [1.29, 1.82) is 0 Å². The van der Waals surface area contributed by atoms with Crippen molar-refractivity contribution in [1.82, 2.24) is 18.8 Å². The summed E-state index contributed by atoms with van der Waals surface area (Å²) >= 11 is 0. The van der Waals surface area contributed by atoms with Crippen LogP contribution in [0, 0.1) is 13.8 Å². The van der Waals surface area contributed by atoms with E-state index in [0.29, 0.717) is 6.54 Å². The lowest BCUT2D eigenvalue weighted by Crippen LogP contribution is -2.31. The van der Waals surface area contributed by atoms with Crippen molar-refractivity contribution >= 4 is 10.0 Å². The van der Waals surface area contributed by atoms with E-state index < -0.39 is 10.0 Å². The van der Waals surface area contributed by atoms with Crippen molar-refractivity contribution in [3.8, 4) is 0 Å². The zero-order valence-electron chi connectivity index (χ0n) is 17.0. The van der Waals surface area contributed by atoms with E-state index in [4.69, 9.17) is 4.98 Å². The van der Waals surface area contributed by atoms with E-state index in [1.54, 1.807) is 22.1 Å². The normalized spacial score (nSPS) is 17.7. The quantitative estimate of drug-likeness (QED) is 0.645. The molecule has 1 fully saturated rings. The number of sulfonamides is 1. The van der Waals surface area contributed by atoms with Gasteiger partial charge in [0.1, 0.15) is 0 Å². The largest absolute Gasteiger partial charge is 0.339 e. The Bertz CT molecular complexity index is 1140. The number of aryl methyl sites for hydroxylation is 3. The fourth-order valence-corrected chi connectivity index (χ4v) is 5.70. The van der Waals surface area contributed by atoms with Crippen molar-refractivity contribution in [2.75, 3.05) is 6.54 Å². The molecule has 1 aliphatic rings. The van der Waals surface area contributed by atoms with Crippen LogP contribution in [0.3, 0.4) is 0 Å². The summed E-state index contributed by atoms with van der Waals surface area (Å²) in [5.41, 5.74) is 5.36. The molecular formula is C22H26N4O2S. The van der Waals surface area contributed by atoms with Gasteiger partial charge in [0.15, 0.2) is 5.03 Å². The molecule has 152 valence electrons. The standard InChI is InChI=1S/C22H26N4O2S/c1-16-6-4-7-18(10-16)12-19-11-17(2)24-20(13-19)21-8-5-9-26(21)29(27,28)22-14-25(3)15-23-22/h4,6-7,10-11,13-15,21H,5,8-9,12H2,1-3H3. The summed E-state index contributed by atoms with van der Waals surface area (Å²) in [5, 5.41) is 0.0968. The minimum absolute atomic E-state index is 0.0968. The minimum atomic E-state index is -3.64. The van der Waals surface area contributed by atoms with Gasteiger partial charge in [-0.15, -0.1) is 0 Å². The Labute approximate surface area is 172 Å². The molecule has 0 N–H and O–H groups in total. The Morgan fingerprint density at radius 3 is 2.69 bits per heavy atom. The van der Waals surface area contributed by atoms with Crippen molar-refractivity contribution in [3.63, 3.8) is 0 Å². The smallest absolute Gasteiger partial charge is 0.262 e. The minimum Gasteiger partial charge on any atom is -0.339 e. The molecule has 1 aliphatic heterocycles. The highest BCUT2D eigenvalue weighted by atomic mass is 32.2. The second-order valence-corrected chi connectivity index (χ2v) is 9.70. The molecule has 0 spiro atoms. The fourth-order valence-electron chi connectivity index (χ4n) is 4.06. The van der Waals surface area contributed by atoms with Gasteiger partial charge in [-0.1, -0.05) is 29.8 Å². The van der Waals surface area contributed by atoms with E-state index in [-0.39, 0.29) is 11.1 Å². The number of imidazole rings is 1. The van der Waals surface area contributed by atoms with Crippen LogP contribution >= 0.6 is 0 Å². The maximum Gasteiger partial charge on any atom is 0.262 e. The lowest BCUT2D eigenvalue weighted by atomic mass is 10.0. The van der Waals surface area contributed by atoms with Gasteiger partial charge in [0, 0.05) is 25.5 Å². The van der Waals surface area contributed by atoms with Gasteiger partial charge in [-0.05, 0) is 56.4 Å². The first kappa shape index (κ1) is 19.8. The Kier molecular flexibility index (Phi) is 5.27. The van der Waals surface area contributed by atoms with E-state index in [9.17, 15) is 8.42 Å². The second kappa shape index (κ2) is 7.72. The molecule has 4 rings (SSSR count). The van der Waals surface area contributed by atoms with Gasteiger partial charge in [-0.3, -0.25) is 4.98 Å². The van der Waals surface area contributed by atoms with Crippen molar-refractivity contribution < 1.29 is 8.42 Å². The molecule has 7 heteroatoms. The third-order valence-corrected chi connectivity index (χ3v) is 7.12. The number of pyridine rings is 1. The Balaban J connectivity index is 1.66. The van der Waals surface area contributed by atoms with Crippen LogP contribution in [-0.4, -0.2) is 33.8 Å². The first-order valence-electron chi connectivity index (χ1n) is 9.86. The summed E-state index contributed by atoms with van der Waals surface area (Å²) in [4.78, 5) is 8.78. The molecule has 2 aromatic heterocycles. The van der Waals surface area contributed by atoms with Crippen molar-refractivity contribution in [2.24, 2.45) is 7.05 Å². The highest BCUT2D eigenvalue weighted by Gasteiger charge is 2.38. The van der Waals surface area contributed by atoms with Gasteiger partial charge in [0.25, 0.3) is 10.0 Å². The number of rotatable bonds is 5. The molecule has 0 saturated carbocycles. The molecule has 3 heterocycles. The average Bonchev–Trinajstić information content (AvgIpc) is 3.31. The first-order chi connectivity index (χ1) is 13.8. The molecule has 1 saturated heterocycles. The van der Waals surface area contributed by atoms with Crippen LogP contribution in [0.15, 0.2) is 53.9 Å². The molecule has 1 aromatic carbocycles. The van der Waals surface area contributed by atoms with Crippen LogP contribution < -0.4 is 0 Å². The number of hydrogen-bond acceptors (Lipinski definition) is 4. The van der Waals surface area contributed by atoms with E-state index in [0.717, 1.165) is 36.2 Å². The van der Waals surface area contributed by atoms with Gasteiger partial charge < -0.3 is 4.57 Å². The van der Waals surface area contributed by atoms with E-state index in [1.807, 2.05) is 6.92 Å². The van der Waals surface area contributed by atoms with Crippen LogP contribution in [0.1, 0.15) is 47.0 Å². The molecule has 0 radical (unpaired) electrons. The molecular weight excluding hydrogens is 384 g/mol. The van der Waals surface area contributed by atoms with Crippen molar-refractivity contribution in [3.05, 3.63) is 77.0 Å². The molecule has 29 heavy (non-hydrogen) atoms. The summed E-state index contributed by atoms with van der Waals surface area (Å²) in [6.45, 7) is 4.55. The Morgan fingerprint density at radius 1 is 1.14 bits per heavy atom. The molecule has 0 aliphatic carbocycles. The molecule has 1 atom stereocenters. The van der Waals surface area contributed by atoms with Gasteiger partial charge in [-0.2, -0.15) is 4.31 Å². The predicted octanol–water partition coefficient (Wildman–Crippen LogP) is 3.55. The monoisotopic (exact) mass is 410 g/mol.